The van der Waals surface area contributed by atoms with E-state index in [1.165, 1.54) is 4.68 Å². The minimum atomic E-state index is -0.381. The average Bonchev–Trinajstić information content (AvgIpc) is 2.63. The minimum Gasteiger partial charge on any atom is -0.273 e. The maximum atomic E-state index is 12.9. The molecule has 1 heterocycles. The van der Waals surface area contributed by atoms with Gasteiger partial charge in [0.25, 0.3) is 5.56 Å². The van der Waals surface area contributed by atoms with Crippen LogP contribution in [-0.4, -0.2) is 15.6 Å². The number of aryl methyl sites for hydroxylation is 1. The molecule has 3 rings (SSSR count). The molecule has 0 spiro atoms. The van der Waals surface area contributed by atoms with Crippen LogP contribution in [0, 0.1) is 6.92 Å². The fourth-order valence-electron chi connectivity index (χ4n) is 2.86. The molecule has 0 bridgehead atoms. The Morgan fingerprint density at radius 3 is 2.35 bits per heavy atom. The number of carbonyl (C=O) groups is 1. The number of rotatable bonds is 4. The van der Waals surface area contributed by atoms with E-state index in [0.717, 1.165) is 11.1 Å². The largest absolute Gasteiger partial charge is 0.280 e. The molecule has 1 atom stereocenters. The van der Waals surface area contributed by atoms with Gasteiger partial charge in [0.15, 0.2) is 0 Å². The van der Waals surface area contributed by atoms with Crippen LogP contribution in [-0.2, 0) is 4.79 Å². The van der Waals surface area contributed by atoms with Gasteiger partial charge in [-0.25, -0.2) is 9.66 Å². The molecular weight excluding hydrogens is 326 g/mol. The van der Waals surface area contributed by atoms with Crippen LogP contribution >= 0.6 is 0 Å². The van der Waals surface area contributed by atoms with Crippen molar-refractivity contribution in [3.05, 3.63) is 75.8 Å². The van der Waals surface area contributed by atoms with Gasteiger partial charge < -0.3 is 0 Å². The average molecular weight is 349 g/mol. The van der Waals surface area contributed by atoms with Crippen LogP contribution in [0.3, 0.4) is 0 Å². The highest BCUT2D eigenvalue weighted by molar-refractivity contribution is 5.90. The minimum absolute atomic E-state index is 0.0118. The molecule has 5 nitrogen and oxygen atoms in total. The second-order valence-electron chi connectivity index (χ2n) is 6.89. The third-order valence-electron chi connectivity index (χ3n) is 4.51. The number of fused-ring (bicyclic) bond motifs is 1. The molecule has 5 heteroatoms. The lowest BCUT2D eigenvalue weighted by molar-refractivity contribution is -0.118. The van der Waals surface area contributed by atoms with Crippen molar-refractivity contribution in [3.8, 4) is 0 Å². The fraction of sp³-hybridized carbons (Fsp3) is 0.286. The normalized spacial score (nSPS) is 12.3. The Bertz CT molecular complexity index is 1000. The maximum absolute atomic E-state index is 12.9. The lowest BCUT2D eigenvalue weighted by Gasteiger charge is -2.19. The number of amides is 1. The van der Waals surface area contributed by atoms with Crippen LogP contribution < -0.4 is 11.0 Å². The predicted octanol–water partition coefficient (Wildman–Crippen LogP) is 3.70. The monoisotopic (exact) mass is 349 g/mol. The zero-order chi connectivity index (χ0) is 18.8. The maximum Gasteiger partial charge on any atom is 0.280 e. The van der Waals surface area contributed by atoms with Gasteiger partial charge in [0, 0.05) is 5.92 Å². The van der Waals surface area contributed by atoms with Gasteiger partial charge in [0.1, 0.15) is 5.82 Å². The second-order valence-corrected chi connectivity index (χ2v) is 6.89. The molecule has 1 N–H and O–H groups in total. The first-order valence-electron chi connectivity index (χ1n) is 8.77. The molecule has 134 valence electrons. The zero-order valence-electron chi connectivity index (χ0n) is 15.5. The molecule has 0 aliphatic carbocycles. The van der Waals surface area contributed by atoms with Gasteiger partial charge in [-0.05, 0) is 31.5 Å². The Morgan fingerprint density at radius 1 is 1.04 bits per heavy atom. The van der Waals surface area contributed by atoms with E-state index in [0.29, 0.717) is 16.7 Å². The predicted molar refractivity (Wildman–Crippen MR) is 104 cm³/mol. The number of nitrogens with zero attached hydrogens (tertiary/aromatic N) is 2. The highest BCUT2D eigenvalue weighted by Gasteiger charge is 2.20. The van der Waals surface area contributed by atoms with E-state index in [9.17, 15) is 9.59 Å². The first kappa shape index (κ1) is 17.9. The van der Waals surface area contributed by atoms with Crippen molar-refractivity contribution in [1.29, 1.82) is 0 Å². The fourth-order valence-corrected chi connectivity index (χ4v) is 2.86. The molecular formula is C21H23N3O2. The van der Waals surface area contributed by atoms with Crippen LogP contribution in [0.2, 0.25) is 0 Å². The van der Waals surface area contributed by atoms with E-state index < -0.39 is 0 Å². The smallest absolute Gasteiger partial charge is 0.273 e. The quantitative estimate of drug-likeness (QED) is 0.781. The topological polar surface area (TPSA) is 64.0 Å². The van der Waals surface area contributed by atoms with Gasteiger partial charge in [0.2, 0.25) is 5.91 Å². The molecule has 3 aromatic rings. The van der Waals surface area contributed by atoms with E-state index in [2.05, 4.69) is 10.4 Å². The van der Waals surface area contributed by atoms with Crippen LogP contribution in [0.15, 0.2) is 53.3 Å². The molecule has 0 unspecified atom stereocenters. The Morgan fingerprint density at radius 2 is 1.69 bits per heavy atom. The lowest BCUT2D eigenvalue weighted by atomic mass is 9.99. The second kappa shape index (κ2) is 7.12. The Balaban J connectivity index is 2.00. The third-order valence-corrected chi connectivity index (χ3v) is 4.51. The number of carbonyl (C=O) groups excluding carboxylic acids is 1. The summed E-state index contributed by atoms with van der Waals surface area (Å²) in [4.78, 5) is 30.2. The van der Waals surface area contributed by atoms with Crippen molar-refractivity contribution in [2.75, 3.05) is 5.43 Å². The SMILES string of the molecule is Cc1ccc([C@H](C)C(=O)Nn2c(C(C)C)nc3ccccc3c2=O)cc1. The first-order chi connectivity index (χ1) is 12.4. The molecule has 1 aromatic heterocycles. The van der Waals surface area contributed by atoms with Crippen molar-refractivity contribution in [2.45, 2.75) is 39.5 Å². The molecule has 0 saturated carbocycles. The van der Waals surface area contributed by atoms with E-state index >= 15 is 0 Å². The van der Waals surface area contributed by atoms with Gasteiger partial charge in [-0.2, -0.15) is 0 Å². The van der Waals surface area contributed by atoms with E-state index in [1.807, 2.05) is 64.1 Å². The van der Waals surface area contributed by atoms with Crippen molar-refractivity contribution < 1.29 is 4.79 Å². The lowest BCUT2D eigenvalue weighted by Crippen LogP contribution is -2.38. The van der Waals surface area contributed by atoms with Crippen molar-refractivity contribution in [2.24, 2.45) is 0 Å². The van der Waals surface area contributed by atoms with Gasteiger partial charge >= 0.3 is 0 Å². The highest BCUT2D eigenvalue weighted by atomic mass is 16.2. The summed E-state index contributed by atoms with van der Waals surface area (Å²) in [6, 6.07) is 15.0. The van der Waals surface area contributed by atoms with Gasteiger partial charge in [-0.1, -0.05) is 55.8 Å². The summed E-state index contributed by atoms with van der Waals surface area (Å²) in [5, 5.41) is 0.486. The summed E-state index contributed by atoms with van der Waals surface area (Å²) >= 11 is 0. The van der Waals surface area contributed by atoms with Crippen molar-refractivity contribution in [3.63, 3.8) is 0 Å². The number of aromatic nitrogens is 2. The summed E-state index contributed by atoms with van der Waals surface area (Å²) in [5.41, 5.74) is 5.19. The van der Waals surface area contributed by atoms with Crippen LogP contribution in [0.4, 0.5) is 0 Å². The summed E-state index contributed by atoms with van der Waals surface area (Å²) in [6.45, 7) is 7.73. The highest BCUT2D eigenvalue weighted by Crippen LogP contribution is 2.18. The van der Waals surface area contributed by atoms with E-state index in [-0.39, 0.29) is 23.3 Å². The number of nitrogens with one attached hydrogen (secondary N) is 1. The molecule has 0 radical (unpaired) electrons. The van der Waals surface area contributed by atoms with E-state index in [4.69, 9.17) is 0 Å². The number of hydrogen-bond donors (Lipinski definition) is 1. The summed E-state index contributed by atoms with van der Waals surface area (Å²) in [5.74, 6) is -0.0932. The van der Waals surface area contributed by atoms with Gasteiger partial charge in [-0.15, -0.1) is 0 Å². The third kappa shape index (κ3) is 3.38. The van der Waals surface area contributed by atoms with Crippen molar-refractivity contribution in [1.82, 2.24) is 9.66 Å². The van der Waals surface area contributed by atoms with Crippen LogP contribution in [0.5, 0.6) is 0 Å². The summed E-state index contributed by atoms with van der Waals surface area (Å²) in [6.07, 6.45) is 0. The molecule has 0 aliphatic heterocycles. The molecule has 2 aromatic carbocycles. The van der Waals surface area contributed by atoms with Crippen molar-refractivity contribution >= 4 is 16.8 Å². The first-order valence-corrected chi connectivity index (χ1v) is 8.77. The number of hydrogen-bond acceptors (Lipinski definition) is 3. The zero-order valence-corrected chi connectivity index (χ0v) is 15.5. The molecule has 26 heavy (non-hydrogen) atoms. The number of benzene rings is 2. The van der Waals surface area contributed by atoms with Crippen LogP contribution in [0.1, 0.15) is 49.6 Å². The van der Waals surface area contributed by atoms with Crippen LogP contribution in [0.25, 0.3) is 10.9 Å². The van der Waals surface area contributed by atoms with E-state index in [1.54, 1.807) is 12.1 Å². The summed E-state index contributed by atoms with van der Waals surface area (Å²) < 4.78 is 1.29. The molecule has 0 fully saturated rings. The Labute approximate surface area is 152 Å². The Hall–Kier alpha value is -2.95. The molecule has 0 aliphatic rings. The Kier molecular flexibility index (Phi) is 4.89. The van der Waals surface area contributed by atoms with Gasteiger partial charge in [0.05, 0.1) is 16.8 Å². The molecule has 1 amide bonds. The summed E-state index contributed by atoms with van der Waals surface area (Å²) in [7, 11) is 0. The van der Waals surface area contributed by atoms with Gasteiger partial charge in [-0.3, -0.25) is 15.0 Å². The molecule has 0 saturated heterocycles. The standard InChI is InChI=1S/C21H23N3O2/c1-13(2)19-22-18-8-6-5-7-17(18)21(26)24(19)23-20(25)15(4)16-11-9-14(3)10-12-16/h5-13,15H,1-4H3,(H,23,25)/t15-/m0/s1. The number of para-hydroxylation sites is 1.